The van der Waals surface area contributed by atoms with E-state index in [1.165, 1.54) is 65.4 Å². The van der Waals surface area contributed by atoms with Crippen LogP contribution < -0.4 is 0 Å². The predicted octanol–water partition coefficient (Wildman–Crippen LogP) is 12.6. The van der Waals surface area contributed by atoms with E-state index >= 15 is 0 Å². The van der Waals surface area contributed by atoms with Gasteiger partial charge >= 0.3 is 0 Å². The van der Waals surface area contributed by atoms with Crippen molar-refractivity contribution < 1.29 is 0 Å². The molecule has 1 aromatic heterocycles. The van der Waals surface area contributed by atoms with Gasteiger partial charge in [0.2, 0.25) is 0 Å². The second kappa shape index (κ2) is 11.2. The van der Waals surface area contributed by atoms with E-state index in [0.29, 0.717) is 0 Å². The first-order valence-corrected chi connectivity index (χ1v) is 19.1. The summed E-state index contributed by atoms with van der Waals surface area (Å²) in [5.41, 5.74) is 17.9. The van der Waals surface area contributed by atoms with Crippen LogP contribution in [0.15, 0.2) is 180 Å². The van der Waals surface area contributed by atoms with E-state index in [1.54, 1.807) is 0 Å². The van der Waals surface area contributed by atoms with Gasteiger partial charge in [0.15, 0.2) is 5.82 Å². The number of benzene rings is 7. The molecule has 0 saturated carbocycles. The zero-order chi connectivity index (χ0) is 35.3. The smallest absolute Gasteiger partial charge is 0.160 e. The van der Waals surface area contributed by atoms with Crippen molar-refractivity contribution in [2.75, 3.05) is 0 Å². The Morgan fingerprint density at radius 3 is 1.64 bits per heavy atom. The molecular weight excluding hydrogens is 661 g/mol. The van der Waals surface area contributed by atoms with Gasteiger partial charge in [-0.1, -0.05) is 171 Å². The van der Waals surface area contributed by atoms with Crippen LogP contribution in [0.2, 0.25) is 0 Å². The number of nitrogens with zero attached hydrogens (tertiary/aromatic N) is 2. The highest BCUT2D eigenvalue weighted by atomic mass is 32.2. The van der Waals surface area contributed by atoms with E-state index in [4.69, 9.17) is 9.97 Å². The largest absolute Gasteiger partial charge is 0.228 e. The molecule has 3 heteroatoms. The molecule has 1 spiro atoms. The van der Waals surface area contributed by atoms with Crippen molar-refractivity contribution in [3.8, 4) is 56.2 Å². The van der Waals surface area contributed by atoms with E-state index < -0.39 is 5.41 Å². The highest BCUT2D eigenvalue weighted by molar-refractivity contribution is 7.99. The minimum Gasteiger partial charge on any atom is -0.228 e. The highest BCUT2D eigenvalue weighted by Crippen LogP contribution is 2.64. The van der Waals surface area contributed by atoms with Crippen LogP contribution in [0.4, 0.5) is 0 Å². The summed E-state index contributed by atoms with van der Waals surface area (Å²) in [6.45, 7) is 4.78. The molecule has 0 N–H and O–H groups in total. The lowest BCUT2D eigenvalue weighted by molar-refractivity contribution is 0.651. The number of hydrogen-bond donors (Lipinski definition) is 0. The molecule has 11 rings (SSSR count). The second-order valence-electron chi connectivity index (χ2n) is 14.9. The Bertz CT molecular complexity index is 2680. The fourth-order valence-electron chi connectivity index (χ4n) is 9.33. The van der Waals surface area contributed by atoms with Crippen molar-refractivity contribution in [1.82, 2.24) is 9.97 Å². The van der Waals surface area contributed by atoms with Gasteiger partial charge in [-0.3, -0.25) is 0 Å². The molecule has 53 heavy (non-hydrogen) atoms. The van der Waals surface area contributed by atoms with Crippen LogP contribution in [-0.2, 0) is 10.8 Å². The minimum absolute atomic E-state index is 0.186. The van der Waals surface area contributed by atoms with Gasteiger partial charge in [0.25, 0.3) is 0 Å². The topological polar surface area (TPSA) is 25.8 Å². The summed E-state index contributed by atoms with van der Waals surface area (Å²) in [7, 11) is 0. The quantitative estimate of drug-likeness (QED) is 0.184. The molecule has 0 saturated heterocycles. The van der Waals surface area contributed by atoms with Crippen LogP contribution in [0.25, 0.3) is 56.2 Å². The first-order valence-electron chi connectivity index (χ1n) is 18.3. The molecule has 0 bridgehead atoms. The molecule has 2 heterocycles. The van der Waals surface area contributed by atoms with Crippen LogP contribution in [0.3, 0.4) is 0 Å². The molecule has 0 radical (unpaired) electrons. The van der Waals surface area contributed by atoms with Crippen LogP contribution in [0.1, 0.15) is 47.2 Å². The Morgan fingerprint density at radius 2 is 0.943 bits per heavy atom. The molecule has 2 nitrogen and oxygen atoms in total. The summed E-state index contributed by atoms with van der Waals surface area (Å²) >= 11 is 1.91. The van der Waals surface area contributed by atoms with Gasteiger partial charge in [0.1, 0.15) is 0 Å². The third-order valence-corrected chi connectivity index (χ3v) is 12.9. The molecule has 250 valence electrons. The fourth-order valence-corrected chi connectivity index (χ4v) is 10.5. The summed E-state index contributed by atoms with van der Waals surface area (Å²) in [4.78, 5) is 12.9. The molecule has 0 unspecified atom stereocenters. The van der Waals surface area contributed by atoms with E-state index in [2.05, 4.69) is 159 Å². The zero-order valence-corrected chi connectivity index (χ0v) is 30.3. The van der Waals surface area contributed by atoms with Crippen molar-refractivity contribution in [3.05, 3.63) is 203 Å². The molecule has 3 aliphatic rings. The molecule has 1 aliphatic heterocycles. The summed E-state index contributed by atoms with van der Waals surface area (Å²) in [6, 6.07) is 62.1. The average molecular weight is 695 g/mol. The van der Waals surface area contributed by atoms with Crippen molar-refractivity contribution >= 4 is 11.8 Å². The number of aromatic nitrogens is 2. The van der Waals surface area contributed by atoms with Gasteiger partial charge in [-0.05, 0) is 79.9 Å². The van der Waals surface area contributed by atoms with Gasteiger partial charge in [-0.2, -0.15) is 0 Å². The summed E-state index contributed by atoms with van der Waals surface area (Å²) in [5.74, 6) is 0.731. The van der Waals surface area contributed by atoms with E-state index in [-0.39, 0.29) is 5.41 Å². The summed E-state index contributed by atoms with van der Waals surface area (Å²) < 4.78 is 0. The molecular formula is C50H34N2S. The molecule has 0 amide bonds. The predicted molar refractivity (Wildman–Crippen MR) is 217 cm³/mol. The summed E-state index contributed by atoms with van der Waals surface area (Å²) in [6.07, 6.45) is 0. The van der Waals surface area contributed by atoms with E-state index in [1.807, 2.05) is 36.0 Å². The van der Waals surface area contributed by atoms with Gasteiger partial charge in [-0.15, -0.1) is 0 Å². The fraction of sp³-hybridized carbons (Fsp3) is 0.0800. The number of rotatable bonds is 3. The van der Waals surface area contributed by atoms with Crippen LogP contribution in [0.5, 0.6) is 0 Å². The first kappa shape index (κ1) is 30.6. The Kier molecular flexibility index (Phi) is 6.48. The van der Waals surface area contributed by atoms with Crippen LogP contribution in [0, 0.1) is 0 Å². The van der Waals surface area contributed by atoms with Gasteiger partial charge < -0.3 is 0 Å². The maximum Gasteiger partial charge on any atom is 0.160 e. The second-order valence-corrected chi connectivity index (χ2v) is 16.0. The summed E-state index contributed by atoms with van der Waals surface area (Å²) in [5, 5.41) is 0. The van der Waals surface area contributed by atoms with Crippen molar-refractivity contribution in [1.29, 1.82) is 0 Å². The Labute approximate surface area is 314 Å². The lowest BCUT2D eigenvalue weighted by Crippen LogP contribution is -2.32. The molecule has 7 aromatic carbocycles. The molecule has 0 fully saturated rings. The number of fused-ring (bicyclic) bond motifs is 12. The number of hydrogen-bond acceptors (Lipinski definition) is 3. The lowest BCUT2D eigenvalue weighted by Gasteiger charge is -2.40. The van der Waals surface area contributed by atoms with Crippen molar-refractivity contribution in [2.24, 2.45) is 0 Å². The maximum atomic E-state index is 5.19. The Balaban J connectivity index is 1.13. The zero-order valence-electron chi connectivity index (χ0n) is 29.5. The highest BCUT2D eigenvalue weighted by Gasteiger charge is 2.51. The van der Waals surface area contributed by atoms with Crippen LogP contribution in [-0.4, -0.2) is 9.97 Å². The third-order valence-electron chi connectivity index (χ3n) is 11.8. The molecule has 8 aromatic rings. The Morgan fingerprint density at radius 1 is 0.377 bits per heavy atom. The standard InChI is InChI=1S/C50H34N2S/c1-49(2)38-26-25-33(45-30-44(31-15-5-3-6-16-31)51-48(52-45)32-17-7-4-8-18-32)27-36(38)37-28-47-43(29-42(37)49)50(41-23-13-14-24-46(41)53-47)39-21-11-9-19-34(39)35-20-10-12-22-40(35)50/h3-30H,1-2H3. The molecule has 0 atom stereocenters. The Hall–Kier alpha value is -6.03. The van der Waals surface area contributed by atoms with Gasteiger partial charge in [0.05, 0.1) is 16.8 Å². The SMILES string of the molecule is CC1(C)c2ccc(-c3cc(-c4ccccc4)nc(-c4ccccc4)n3)cc2-c2cc3c(cc21)C1(c2ccccc2S3)c2ccccc2-c2ccccc21. The monoisotopic (exact) mass is 694 g/mol. The molecule has 2 aliphatic carbocycles. The van der Waals surface area contributed by atoms with Crippen molar-refractivity contribution in [2.45, 2.75) is 34.5 Å². The van der Waals surface area contributed by atoms with E-state index in [9.17, 15) is 0 Å². The maximum absolute atomic E-state index is 5.19. The minimum atomic E-state index is -0.391. The van der Waals surface area contributed by atoms with Crippen LogP contribution >= 0.6 is 11.8 Å². The first-order chi connectivity index (χ1) is 26.0. The van der Waals surface area contributed by atoms with Gasteiger partial charge in [-0.25, -0.2) is 9.97 Å². The average Bonchev–Trinajstić information content (AvgIpc) is 3.63. The lowest BCUT2D eigenvalue weighted by atomic mass is 9.66. The van der Waals surface area contributed by atoms with E-state index in [0.717, 1.165) is 33.9 Å². The van der Waals surface area contributed by atoms with Gasteiger partial charge in [0, 0.05) is 31.9 Å². The van der Waals surface area contributed by atoms with Crippen molar-refractivity contribution in [3.63, 3.8) is 0 Å². The third kappa shape index (κ3) is 4.29. The normalized spacial score (nSPS) is 14.8.